The van der Waals surface area contributed by atoms with E-state index in [-0.39, 0.29) is 16.5 Å². The van der Waals surface area contributed by atoms with Crippen LogP contribution in [0.2, 0.25) is 0 Å². The van der Waals surface area contributed by atoms with Crippen molar-refractivity contribution in [1.29, 1.82) is 5.26 Å². The van der Waals surface area contributed by atoms with E-state index >= 15 is 0 Å². The zero-order valence-corrected chi connectivity index (χ0v) is 23.8. The molecule has 0 bridgehead atoms. The quantitative estimate of drug-likeness (QED) is 0.229. The maximum atomic E-state index is 13.9. The normalized spacial score (nSPS) is 11.8. The van der Waals surface area contributed by atoms with Crippen LogP contribution < -0.4 is 16.2 Å². The molecule has 1 amide bonds. The molecule has 0 radical (unpaired) electrons. The van der Waals surface area contributed by atoms with Crippen LogP contribution in [0.1, 0.15) is 37.5 Å². The van der Waals surface area contributed by atoms with Gasteiger partial charge in [-0.05, 0) is 60.6 Å². The molecule has 0 aliphatic carbocycles. The number of aromatic nitrogens is 3. The molecule has 40 heavy (non-hydrogen) atoms. The summed E-state index contributed by atoms with van der Waals surface area (Å²) in [6.07, 6.45) is 3.91. The van der Waals surface area contributed by atoms with Crippen molar-refractivity contribution in [1.82, 2.24) is 14.5 Å². The van der Waals surface area contributed by atoms with Gasteiger partial charge in [0.1, 0.15) is 17.3 Å². The molecule has 0 fully saturated rings. The minimum atomic E-state index is -0.450. The molecule has 4 rings (SSSR count). The number of rotatable bonds is 7. The van der Waals surface area contributed by atoms with E-state index in [2.05, 4.69) is 20.6 Å². The van der Waals surface area contributed by atoms with E-state index < -0.39 is 5.91 Å². The summed E-state index contributed by atoms with van der Waals surface area (Å²) in [4.78, 5) is 35.6. The fourth-order valence-electron chi connectivity index (χ4n) is 4.53. The van der Waals surface area contributed by atoms with E-state index in [4.69, 9.17) is 0 Å². The lowest BCUT2D eigenvalue weighted by molar-refractivity contribution is -0.112. The van der Waals surface area contributed by atoms with Crippen molar-refractivity contribution < 1.29 is 4.79 Å². The highest BCUT2D eigenvalue weighted by Crippen LogP contribution is 2.25. The Hall–Kier alpha value is -4.77. The predicted octanol–water partition coefficient (Wildman–Crippen LogP) is 5.79. The number of hydrogen-bond acceptors (Lipinski definition) is 6. The second-order valence-corrected chi connectivity index (χ2v) is 11.0. The Morgan fingerprint density at radius 3 is 2.58 bits per heavy atom. The number of carbonyl (C=O) groups excluding carboxylic acids is 1. The lowest BCUT2D eigenvalue weighted by atomic mass is 9.93. The molecule has 0 atom stereocenters. The van der Waals surface area contributed by atoms with Gasteiger partial charge in [0.05, 0.1) is 0 Å². The number of nitrogens with one attached hydrogen (secondary N) is 2. The molecule has 8 heteroatoms. The van der Waals surface area contributed by atoms with Crippen molar-refractivity contribution >= 4 is 28.6 Å². The van der Waals surface area contributed by atoms with Gasteiger partial charge in [0.25, 0.3) is 11.5 Å². The van der Waals surface area contributed by atoms with E-state index in [1.807, 2.05) is 83.2 Å². The van der Waals surface area contributed by atoms with Crippen LogP contribution in [0.15, 0.2) is 71.2 Å². The molecule has 2 N–H and O–H groups in total. The first-order chi connectivity index (χ1) is 19.0. The molecular formula is C32H34N6O2. The number of carbonyl (C=O) groups is 1. The molecule has 2 aromatic heterocycles. The van der Waals surface area contributed by atoms with Gasteiger partial charge in [0, 0.05) is 36.4 Å². The number of pyridine rings is 1. The van der Waals surface area contributed by atoms with Crippen LogP contribution in [0.5, 0.6) is 0 Å². The maximum Gasteiger partial charge on any atom is 0.265 e. The first-order valence-corrected chi connectivity index (χ1v) is 13.2. The number of benzene rings is 2. The number of hydrogen-bond donors (Lipinski definition) is 2. The molecule has 0 saturated heterocycles. The summed E-state index contributed by atoms with van der Waals surface area (Å²) >= 11 is 0. The van der Waals surface area contributed by atoms with E-state index in [9.17, 15) is 14.9 Å². The van der Waals surface area contributed by atoms with Gasteiger partial charge in [-0.25, -0.2) is 4.98 Å². The monoisotopic (exact) mass is 534 g/mol. The SMILES string of the molecule is CNc1ncc2cc(-c3cc(C)ccc3C)c(=O)n(CCc3cccc(NC(=O)C(C#N)=CC(C)(C)C)c3)c2n1. The summed E-state index contributed by atoms with van der Waals surface area (Å²) in [6.45, 7) is 10.2. The largest absolute Gasteiger partial charge is 0.357 e. The number of anilines is 2. The summed E-state index contributed by atoms with van der Waals surface area (Å²) in [5.41, 5.74) is 5.28. The molecule has 2 aromatic carbocycles. The fraction of sp³-hybridized carbons (Fsp3) is 0.281. The summed E-state index contributed by atoms with van der Waals surface area (Å²) in [5.74, 6) is -0.0178. The van der Waals surface area contributed by atoms with Crippen LogP contribution in [0, 0.1) is 30.6 Å². The van der Waals surface area contributed by atoms with Crippen LogP contribution >= 0.6 is 0 Å². The molecule has 0 saturated carbocycles. The standard InChI is InChI=1S/C32H34N6O2/c1-20-10-11-21(2)26(14-20)27-16-23-19-35-31(34-6)37-28(23)38(30(27)40)13-12-22-8-7-9-25(15-22)36-29(39)24(18-33)17-32(3,4)5/h7-11,14-17,19H,12-13H2,1-6H3,(H,36,39)(H,34,35,37). The molecule has 204 valence electrons. The van der Waals surface area contributed by atoms with Gasteiger partial charge in [-0.2, -0.15) is 10.2 Å². The highest BCUT2D eigenvalue weighted by atomic mass is 16.1. The number of fused-ring (bicyclic) bond motifs is 1. The van der Waals surface area contributed by atoms with Crippen LogP contribution in [0.4, 0.5) is 11.6 Å². The number of allylic oxidation sites excluding steroid dienone is 1. The number of nitriles is 1. The van der Waals surface area contributed by atoms with Crippen LogP contribution in [0.3, 0.4) is 0 Å². The molecule has 0 aliphatic rings. The Labute approximate surface area is 234 Å². The van der Waals surface area contributed by atoms with Gasteiger partial charge < -0.3 is 10.6 Å². The van der Waals surface area contributed by atoms with E-state index in [0.717, 1.165) is 27.6 Å². The van der Waals surface area contributed by atoms with Gasteiger partial charge in [-0.1, -0.05) is 62.7 Å². The van der Waals surface area contributed by atoms with Gasteiger partial charge in [0.15, 0.2) is 0 Å². The summed E-state index contributed by atoms with van der Waals surface area (Å²) < 4.78 is 1.69. The summed E-state index contributed by atoms with van der Waals surface area (Å²) in [7, 11) is 1.74. The molecule has 0 unspecified atom stereocenters. The Kier molecular flexibility index (Phi) is 8.15. The fourth-order valence-corrected chi connectivity index (χ4v) is 4.53. The van der Waals surface area contributed by atoms with E-state index in [1.54, 1.807) is 30.0 Å². The van der Waals surface area contributed by atoms with Crippen molar-refractivity contribution in [3.63, 3.8) is 0 Å². The van der Waals surface area contributed by atoms with Crippen LogP contribution in [-0.4, -0.2) is 27.5 Å². The molecule has 4 aromatic rings. The maximum absolute atomic E-state index is 13.9. The average molecular weight is 535 g/mol. The van der Waals surface area contributed by atoms with Gasteiger partial charge >= 0.3 is 0 Å². The Bertz CT molecular complexity index is 1720. The van der Waals surface area contributed by atoms with Gasteiger partial charge in [-0.15, -0.1) is 0 Å². The molecule has 0 aliphatic heterocycles. The second-order valence-electron chi connectivity index (χ2n) is 11.0. The zero-order valence-electron chi connectivity index (χ0n) is 23.8. The second kappa shape index (κ2) is 11.5. The Morgan fingerprint density at radius 2 is 1.88 bits per heavy atom. The minimum Gasteiger partial charge on any atom is -0.357 e. The first kappa shape index (κ1) is 28.2. The van der Waals surface area contributed by atoms with Crippen LogP contribution in [-0.2, 0) is 17.8 Å². The highest BCUT2D eigenvalue weighted by molar-refractivity contribution is 6.06. The minimum absolute atomic E-state index is 0.0687. The van der Waals surface area contributed by atoms with Gasteiger partial charge in [0.2, 0.25) is 5.95 Å². The average Bonchev–Trinajstić information content (AvgIpc) is 2.91. The summed E-state index contributed by atoms with van der Waals surface area (Å²) in [6, 6.07) is 17.4. The molecule has 0 spiro atoms. The molecule has 8 nitrogen and oxygen atoms in total. The third-order valence-electron chi connectivity index (χ3n) is 6.49. The van der Waals surface area contributed by atoms with Gasteiger partial charge in [-0.3, -0.25) is 14.2 Å². The van der Waals surface area contributed by atoms with Crippen LogP contribution in [0.25, 0.3) is 22.2 Å². The van der Waals surface area contributed by atoms with Crippen molar-refractivity contribution in [2.45, 2.75) is 47.6 Å². The van der Waals surface area contributed by atoms with Crippen molar-refractivity contribution in [2.24, 2.45) is 5.41 Å². The lowest BCUT2D eigenvalue weighted by Crippen LogP contribution is -2.24. The van der Waals surface area contributed by atoms with Crippen molar-refractivity contribution in [3.05, 3.63) is 93.4 Å². The molecule has 2 heterocycles. The predicted molar refractivity (Wildman–Crippen MR) is 160 cm³/mol. The Balaban J connectivity index is 1.69. The third-order valence-corrected chi connectivity index (χ3v) is 6.49. The van der Waals surface area contributed by atoms with Crippen molar-refractivity contribution in [3.8, 4) is 17.2 Å². The summed E-state index contributed by atoms with van der Waals surface area (Å²) in [5, 5.41) is 16.0. The van der Waals surface area contributed by atoms with E-state index in [0.29, 0.717) is 35.8 Å². The van der Waals surface area contributed by atoms with Crippen molar-refractivity contribution in [2.75, 3.05) is 17.7 Å². The topological polar surface area (TPSA) is 113 Å². The lowest BCUT2D eigenvalue weighted by Gasteiger charge is -2.15. The molecular weight excluding hydrogens is 500 g/mol. The smallest absolute Gasteiger partial charge is 0.265 e. The number of nitrogens with zero attached hydrogens (tertiary/aromatic N) is 4. The third kappa shape index (κ3) is 6.44. The highest BCUT2D eigenvalue weighted by Gasteiger charge is 2.17. The Morgan fingerprint density at radius 1 is 1.10 bits per heavy atom. The zero-order chi connectivity index (χ0) is 29.0. The number of amides is 1. The number of aryl methyl sites for hydroxylation is 4. The van der Waals surface area contributed by atoms with E-state index in [1.165, 1.54) is 0 Å². The first-order valence-electron chi connectivity index (χ1n) is 13.2.